The molecular weight excluding hydrogens is 318 g/mol. The van der Waals surface area contributed by atoms with E-state index in [1.54, 1.807) is 36.4 Å². The largest absolute Gasteiger partial charge is 0.495 e. The van der Waals surface area contributed by atoms with E-state index in [2.05, 4.69) is 4.72 Å². The summed E-state index contributed by atoms with van der Waals surface area (Å²) in [5.41, 5.74) is 1.62. The summed E-state index contributed by atoms with van der Waals surface area (Å²) in [6, 6.07) is 10.3. The number of aryl methyl sites for hydroxylation is 1. The first kappa shape index (κ1) is 15.6. The molecule has 6 nitrogen and oxygen atoms in total. The van der Waals surface area contributed by atoms with E-state index in [1.807, 2.05) is 6.92 Å². The number of fused-ring (bicyclic) bond motifs is 1. The molecule has 0 saturated carbocycles. The Bertz CT molecular complexity index is 832. The molecular formula is C16H17NO5S. The van der Waals surface area contributed by atoms with E-state index in [-0.39, 0.29) is 18.2 Å². The van der Waals surface area contributed by atoms with Crippen LogP contribution in [0.4, 0.5) is 0 Å². The van der Waals surface area contributed by atoms with Crippen molar-refractivity contribution in [2.45, 2.75) is 18.4 Å². The van der Waals surface area contributed by atoms with Gasteiger partial charge in [0.25, 0.3) is 0 Å². The molecule has 122 valence electrons. The van der Waals surface area contributed by atoms with Crippen LogP contribution in [0, 0.1) is 6.92 Å². The minimum absolute atomic E-state index is 0.126. The van der Waals surface area contributed by atoms with E-state index in [0.29, 0.717) is 17.2 Å². The number of sulfonamides is 1. The molecule has 7 heteroatoms. The van der Waals surface area contributed by atoms with Crippen molar-refractivity contribution in [1.29, 1.82) is 0 Å². The second-order valence-corrected chi connectivity index (χ2v) is 6.90. The highest BCUT2D eigenvalue weighted by molar-refractivity contribution is 7.89. The molecule has 0 bridgehead atoms. The van der Waals surface area contributed by atoms with Crippen molar-refractivity contribution in [1.82, 2.24) is 4.72 Å². The third kappa shape index (κ3) is 3.25. The van der Waals surface area contributed by atoms with Crippen LogP contribution in [-0.4, -0.2) is 22.3 Å². The fourth-order valence-electron chi connectivity index (χ4n) is 2.30. The van der Waals surface area contributed by atoms with E-state index in [0.717, 1.165) is 11.1 Å². The Kier molecular flexibility index (Phi) is 4.14. The van der Waals surface area contributed by atoms with Crippen molar-refractivity contribution in [2.75, 3.05) is 13.9 Å². The molecule has 0 atom stereocenters. The third-order valence-corrected chi connectivity index (χ3v) is 4.93. The fraction of sp³-hybridized carbons (Fsp3) is 0.250. The van der Waals surface area contributed by atoms with Gasteiger partial charge >= 0.3 is 0 Å². The maximum Gasteiger partial charge on any atom is 0.244 e. The SMILES string of the molecule is COc1ccc(C)cc1S(=O)(=O)NCc1ccc2c(c1)OCO2. The number of nitrogens with one attached hydrogen (secondary N) is 1. The molecule has 23 heavy (non-hydrogen) atoms. The van der Waals surface area contributed by atoms with Crippen molar-refractivity contribution in [3.8, 4) is 17.2 Å². The Hall–Kier alpha value is -2.25. The smallest absolute Gasteiger partial charge is 0.244 e. The second kappa shape index (κ2) is 6.10. The average Bonchev–Trinajstić information content (AvgIpc) is 3.00. The molecule has 0 spiro atoms. The standard InChI is InChI=1S/C16H17NO5S/c1-11-3-5-14(20-2)16(7-11)23(18,19)17-9-12-4-6-13-15(8-12)22-10-21-13/h3-8,17H,9-10H2,1-2H3. The van der Waals surface area contributed by atoms with Gasteiger partial charge in [0.2, 0.25) is 16.8 Å². The predicted octanol–water partition coefficient (Wildman–Crippen LogP) is 2.21. The summed E-state index contributed by atoms with van der Waals surface area (Å²) >= 11 is 0. The molecule has 0 unspecified atom stereocenters. The molecule has 2 aromatic rings. The highest BCUT2D eigenvalue weighted by atomic mass is 32.2. The normalized spacial score (nSPS) is 13.1. The topological polar surface area (TPSA) is 73.9 Å². The van der Waals surface area contributed by atoms with Crippen LogP contribution in [0.1, 0.15) is 11.1 Å². The van der Waals surface area contributed by atoms with E-state index in [9.17, 15) is 8.42 Å². The zero-order valence-electron chi connectivity index (χ0n) is 12.8. The van der Waals surface area contributed by atoms with Crippen LogP contribution in [0.3, 0.4) is 0 Å². The molecule has 3 rings (SSSR count). The lowest BCUT2D eigenvalue weighted by Crippen LogP contribution is -2.23. The number of hydrogen-bond donors (Lipinski definition) is 1. The summed E-state index contributed by atoms with van der Waals surface area (Å²) in [6.07, 6.45) is 0. The van der Waals surface area contributed by atoms with Crippen LogP contribution in [0.2, 0.25) is 0 Å². The predicted molar refractivity (Wildman–Crippen MR) is 84.3 cm³/mol. The highest BCUT2D eigenvalue weighted by Gasteiger charge is 2.20. The van der Waals surface area contributed by atoms with Gasteiger partial charge in [0.05, 0.1) is 7.11 Å². The van der Waals surface area contributed by atoms with Crippen LogP contribution in [0.5, 0.6) is 17.2 Å². The van der Waals surface area contributed by atoms with Crippen LogP contribution in [0.25, 0.3) is 0 Å². The lowest BCUT2D eigenvalue weighted by atomic mass is 10.2. The lowest BCUT2D eigenvalue weighted by Gasteiger charge is -2.11. The van der Waals surface area contributed by atoms with E-state index in [4.69, 9.17) is 14.2 Å². The van der Waals surface area contributed by atoms with Gasteiger partial charge in [-0.05, 0) is 42.3 Å². The first-order valence-corrected chi connectivity index (χ1v) is 8.51. The van der Waals surface area contributed by atoms with E-state index >= 15 is 0 Å². The molecule has 0 aromatic heterocycles. The summed E-state index contributed by atoms with van der Waals surface area (Å²) in [5.74, 6) is 1.60. The van der Waals surface area contributed by atoms with Gasteiger partial charge in [-0.2, -0.15) is 0 Å². The van der Waals surface area contributed by atoms with Crippen molar-refractivity contribution < 1.29 is 22.6 Å². The second-order valence-electron chi connectivity index (χ2n) is 5.17. The molecule has 0 saturated heterocycles. The van der Waals surface area contributed by atoms with Crippen molar-refractivity contribution in [3.05, 3.63) is 47.5 Å². The zero-order valence-corrected chi connectivity index (χ0v) is 13.6. The number of hydrogen-bond acceptors (Lipinski definition) is 5. The molecule has 0 fully saturated rings. The Morgan fingerprint density at radius 2 is 1.91 bits per heavy atom. The lowest BCUT2D eigenvalue weighted by molar-refractivity contribution is 0.174. The maximum absolute atomic E-state index is 12.5. The fourth-order valence-corrected chi connectivity index (χ4v) is 3.57. The summed E-state index contributed by atoms with van der Waals surface area (Å²) in [4.78, 5) is 0.126. The molecule has 1 N–H and O–H groups in total. The van der Waals surface area contributed by atoms with Crippen LogP contribution >= 0.6 is 0 Å². The number of ether oxygens (including phenoxy) is 3. The van der Waals surface area contributed by atoms with Crippen LogP contribution in [-0.2, 0) is 16.6 Å². The van der Waals surface area contributed by atoms with Gasteiger partial charge in [0.1, 0.15) is 10.6 Å². The summed E-state index contributed by atoms with van der Waals surface area (Å²) in [5, 5.41) is 0. The molecule has 1 aliphatic heterocycles. The van der Waals surface area contributed by atoms with Crippen molar-refractivity contribution >= 4 is 10.0 Å². The molecule has 1 heterocycles. The van der Waals surface area contributed by atoms with Crippen LogP contribution in [0.15, 0.2) is 41.3 Å². The van der Waals surface area contributed by atoms with Gasteiger partial charge in [-0.15, -0.1) is 0 Å². The quantitative estimate of drug-likeness (QED) is 0.907. The minimum Gasteiger partial charge on any atom is -0.495 e. The molecule has 0 amide bonds. The molecule has 0 radical (unpaired) electrons. The Morgan fingerprint density at radius 3 is 2.70 bits per heavy atom. The van der Waals surface area contributed by atoms with E-state index in [1.165, 1.54) is 7.11 Å². The number of benzene rings is 2. The maximum atomic E-state index is 12.5. The van der Waals surface area contributed by atoms with Gasteiger partial charge in [-0.25, -0.2) is 13.1 Å². The highest BCUT2D eigenvalue weighted by Crippen LogP contribution is 2.32. The monoisotopic (exact) mass is 335 g/mol. The number of methoxy groups -OCH3 is 1. The van der Waals surface area contributed by atoms with Gasteiger partial charge in [-0.3, -0.25) is 0 Å². The number of rotatable bonds is 5. The Morgan fingerprint density at radius 1 is 1.13 bits per heavy atom. The van der Waals surface area contributed by atoms with Gasteiger partial charge in [0.15, 0.2) is 11.5 Å². The Balaban J connectivity index is 1.80. The summed E-state index contributed by atoms with van der Waals surface area (Å²) in [6.45, 7) is 2.16. The molecule has 2 aromatic carbocycles. The first-order valence-electron chi connectivity index (χ1n) is 7.02. The average molecular weight is 335 g/mol. The third-order valence-electron chi connectivity index (χ3n) is 3.51. The van der Waals surface area contributed by atoms with Gasteiger partial charge in [0, 0.05) is 6.54 Å². The molecule has 0 aliphatic carbocycles. The Labute approximate surface area is 135 Å². The van der Waals surface area contributed by atoms with Crippen molar-refractivity contribution in [2.24, 2.45) is 0 Å². The zero-order chi connectivity index (χ0) is 16.4. The van der Waals surface area contributed by atoms with Crippen LogP contribution < -0.4 is 18.9 Å². The summed E-state index contributed by atoms with van der Waals surface area (Å²) in [7, 11) is -2.24. The van der Waals surface area contributed by atoms with Gasteiger partial charge < -0.3 is 14.2 Å². The summed E-state index contributed by atoms with van der Waals surface area (Å²) < 4.78 is 43.3. The van der Waals surface area contributed by atoms with E-state index < -0.39 is 10.0 Å². The molecule has 1 aliphatic rings. The van der Waals surface area contributed by atoms with Gasteiger partial charge in [-0.1, -0.05) is 12.1 Å². The minimum atomic E-state index is -3.68. The van der Waals surface area contributed by atoms with Crippen molar-refractivity contribution in [3.63, 3.8) is 0 Å². The first-order chi connectivity index (χ1) is 11.0.